The van der Waals surface area contributed by atoms with E-state index < -0.39 is 0 Å². The molecule has 0 aliphatic carbocycles. The van der Waals surface area contributed by atoms with Gasteiger partial charge in [-0.15, -0.1) is 0 Å². The quantitative estimate of drug-likeness (QED) is 0.813. The minimum absolute atomic E-state index is 0.196. The Hall–Kier alpha value is -1.71. The molecule has 1 amide bonds. The van der Waals surface area contributed by atoms with Gasteiger partial charge in [0.1, 0.15) is 6.07 Å². The molecule has 1 N–H and O–H groups in total. The highest BCUT2D eigenvalue weighted by Gasteiger charge is 2.14. The van der Waals surface area contributed by atoms with Crippen molar-refractivity contribution in [1.82, 2.24) is 0 Å². The number of halogens is 1. The zero-order valence-electron chi connectivity index (χ0n) is 11.7. The van der Waals surface area contributed by atoms with Crippen molar-refractivity contribution in [3.63, 3.8) is 0 Å². The largest absolute Gasteiger partial charge is 0.469 e. The van der Waals surface area contributed by atoms with Crippen molar-refractivity contribution in [2.75, 3.05) is 23.9 Å². The fourth-order valence-corrected chi connectivity index (χ4v) is 2.57. The number of nitrogens with zero attached hydrogens (tertiary/aromatic N) is 1. The molecule has 1 rings (SSSR count). The van der Waals surface area contributed by atoms with Gasteiger partial charge in [-0.25, -0.2) is 0 Å². The van der Waals surface area contributed by atoms with E-state index >= 15 is 0 Å². The van der Waals surface area contributed by atoms with Gasteiger partial charge in [0.15, 0.2) is 0 Å². The topological polar surface area (TPSA) is 79.2 Å². The number of nitrogens with one attached hydrogen (secondary N) is 1. The minimum Gasteiger partial charge on any atom is -0.469 e. The van der Waals surface area contributed by atoms with E-state index in [1.807, 2.05) is 6.07 Å². The lowest BCUT2D eigenvalue weighted by Gasteiger charge is -2.09. The summed E-state index contributed by atoms with van der Waals surface area (Å²) in [4.78, 5) is 22.9. The van der Waals surface area contributed by atoms with Gasteiger partial charge in [-0.05, 0) is 18.2 Å². The lowest BCUT2D eigenvalue weighted by molar-refractivity contribution is -0.144. The van der Waals surface area contributed by atoms with Gasteiger partial charge in [-0.3, -0.25) is 9.59 Å². The van der Waals surface area contributed by atoms with Crippen LogP contribution in [0.2, 0.25) is 5.02 Å². The number of rotatable bonds is 6. The Morgan fingerprint density at radius 2 is 2.24 bits per heavy atom. The first-order chi connectivity index (χ1) is 9.97. The molecule has 0 aliphatic heterocycles. The zero-order chi connectivity index (χ0) is 15.8. The maximum atomic E-state index is 11.7. The first kappa shape index (κ1) is 17.3. The lowest BCUT2D eigenvalue weighted by atomic mass is 10.2. The molecule has 5 nitrogen and oxygen atoms in total. The summed E-state index contributed by atoms with van der Waals surface area (Å²) < 4.78 is 4.61. The molecule has 0 radical (unpaired) electrons. The Labute approximate surface area is 132 Å². The Bertz CT molecular complexity index is 572. The number of esters is 1. The summed E-state index contributed by atoms with van der Waals surface area (Å²) in [6.07, 6.45) is 0. The van der Waals surface area contributed by atoms with Gasteiger partial charge in [0.2, 0.25) is 5.91 Å². The molecule has 1 unspecified atom stereocenters. The van der Waals surface area contributed by atoms with E-state index in [2.05, 4.69) is 10.1 Å². The van der Waals surface area contributed by atoms with Gasteiger partial charge in [0, 0.05) is 11.4 Å². The fourth-order valence-electron chi connectivity index (χ4n) is 1.48. The molecule has 0 bridgehead atoms. The van der Waals surface area contributed by atoms with Gasteiger partial charge < -0.3 is 10.1 Å². The standard InChI is InChI=1S/C14H15ClN2O3S/c1-9(14(19)20-2)7-21-8-13(18)17-11-4-3-10(6-16)12(15)5-11/h3-5,9H,7-8H2,1-2H3,(H,17,18). The highest BCUT2D eigenvalue weighted by atomic mass is 35.5. The predicted octanol–water partition coefficient (Wildman–Crippen LogP) is 2.69. The highest BCUT2D eigenvalue weighted by Crippen LogP contribution is 2.20. The van der Waals surface area contributed by atoms with Gasteiger partial charge in [0.05, 0.1) is 29.4 Å². The summed E-state index contributed by atoms with van der Waals surface area (Å²) in [5.41, 5.74) is 0.890. The third kappa shape index (κ3) is 5.66. The number of hydrogen-bond acceptors (Lipinski definition) is 5. The van der Waals surface area contributed by atoms with Crippen molar-refractivity contribution < 1.29 is 14.3 Å². The molecule has 0 saturated heterocycles. The summed E-state index contributed by atoms with van der Waals surface area (Å²) in [5.74, 6) is -0.00975. The number of carbonyl (C=O) groups is 2. The second-order valence-corrected chi connectivity index (χ2v) is 5.73. The number of ether oxygens (including phenoxy) is 1. The van der Waals surface area contributed by atoms with E-state index in [0.717, 1.165) is 0 Å². The van der Waals surface area contributed by atoms with Crippen LogP contribution in [0.3, 0.4) is 0 Å². The normalized spacial score (nSPS) is 11.3. The van der Waals surface area contributed by atoms with Crippen LogP contribution < -0.4 is 5.32 Å². The number of nitriles is 1. The SMILES string of the molecule is COC(=O)C(C)CSCC(=O)Nc1ccc(C#N)c(Cl)c1. The molecule has 21 heavy (non-hydrogen) atoms. The molecule has 0 saturated carbocycles. The van der Waals surface area contributed by atoms with E-state index in [4.69, 9.17) is 16.9 Å². The van der Waals surface area contributed by atoms with Crippen molar-refractivity contribution >= 4 is 40.9 Å². The molecule has 0 heterocycles. The molecule has 1 aromatic carbocycles. The maximum absolute atomic E-state index is 11.7. The van der Waals surface area contributed by atoms with Gasteiger partial charge in [-0.1, -0.05) is 18.5 Å². The molecule has 1 atom stereocenters. The van der Waals surface area contributed by atoms with Crippen molar-refractivity contribution in [2.24, 2.45) is 5.92 Å². The van der Waals surface area contributed by atoms with Crippen molar-refractivity contribution in [1.29, 1.82) is 5.26 Å². The molecule has 0 spiro atoms. The Balaban J connectivity index is 2.43. The molecule has 112 valence electrons. The van der Waals surface area contributed by atoms with E-state index in [0.29, 0.717) is 22.0 Å². The Kier molecular flexibility index (Phi) is 7.06. The average molecular weight is 327 g/mol. The first-order valence-electron chi connectivity index (χ1n) is 6.13. The zero-order valence-corrected chi connectivity index (χ0v) is 13.3. The molecule has 0 aliphatic rings. The van der Waals surface area contributed by atoms with Gasteiger partial charge in [0.25, 0.3) is 0 Å². The monoisotopic (exact) mass is 326 g/mol. The average Bonchev–Trinajstić information content (AvgIpc) is 2.46. The first-order valence-corrected chi connectivity index (χ1v) is 7.66. The van der Waals surface area contributed by atoms with Crippen LogP contribution in [0.4, 0.5) is 5.69 Å². The number of carbonyl (C=O) groups excluding carboxylic acids is 2. The highest BCUT2D eigenvalue weighted by molar-refractivity contribution is 8.00. The molecular weight excluding hydrogens is 312 g/mol. The van der Waals surface area contributed by atoms with E-state index in [1.165, 1.54) is 24.9 Å². The number of thioether (sulfide) groups is 1. The van der Waals surface area contributed by atoms with Gasteiger partial charge in [-0.2, -0.15) is 17.0 Å². The van der Waals surface area contributed by atoms with Crippen molar-refractivity contribution in [3.05, 3.63) is 28.8 Å². The van der Waals surface area contributed by atoms with Crippen LogP contribution in [0, 0.1) is 17.2 Å². The second kappa shape index (κ2) is 8.55. The fraction of sp³-hybridized carbons (Fsp3) is 0.357. The summed E-state index contributed by atoms with van der Waals surface area (Å²) in [5, 5.41) is 11.7. The van der Waals surface area contributed by atoms with Crippen LogP contribution in [-0.4, -0.2) is 30.5 Å². The van der Waals surface area contributed by atoms with Crippen LogP contribution in [0.25, 0.3) is 0 Å². The summed E-state index contributed by atoms with van der Waals surface area (Å²) >= 11 is 7.23. The molecular formula is C14H15ClN2O3S. The molecule has 1 aromatic rings. The minimum atomic E-state index is -0.290. The Morgan fingerprint density at radius 3 is 2.81 bits per heavy atom. The lowest BCUT2D eigenvalue weighted by Crippen LogP contribution is -2.18. The maximum Gasteiger partial charge on any atom is 0.309 e. The van der Waals surface area contributed by atoms with Crippen LogP contribution in [0.5, 0.6) is 0 Å². The van der Waals surface area contributed by atoms with Crippen molar-refractivity contribution in [3.8, 4) is 6.07 Å². The van der Waals surface area contributed by atoms with E-state index in [-0.39, 0.29) is 23.5 Å². The van der Waals surface area contributed by atoms with E-state index in [1.54, 1.807) is 19.1 Å². The van der Waals surface area contributed by atoms with Crippen LogP contribution >= 0.6 is 23.4 Å². The molecule has 7 heteroatoms. The van der Waals surface area contributed by atoms with E-state index in [9.17, 15) is 9.59 Å². The second-order valence-electron chi connectivity index (χ2n) is 4.29. The molecule has 0 aromatic heterocycles. The Morgan fingerprint density at radius 1 is 1.52 bits per heavy atom. The third-order valence-corrected chi connectivity index (χ3v) is 4.09. The van der Waals surface area contributed by atoms with Crippen LogP contribution in [-0.2, 0) is 14.3 Å². The van der Waals surface area contributed by atoms with Crippen LogP contribution in [0.15, 0.2) is 18.2 Å². The number of amides is 1. The predicted molar refractivity (Wildman–Crippen MR) is 83.3 cm³/mol. The van der Waals surface area contributed by atoms with Crippen LogP contribution in [0.1, 0.15) is 12.5 Å². The number of methoxy groups -OCH3 is 1. The summed E-state index contributed by atoms with van der Waals surface area (Å²) in [6.45, 7) is 1.75. The summed E-state index contributed by atoms with van der Waals surface area (Å²) in [6, 6.07) is 6.63. The number of anilines is 1. The third-order valence-electron chi connectivity index (χ3n) is 2.58. The molecule has 0 fully saturated rings. The summed E-state index contributed by atoms with van der Waals surface area (Å²) in [7, 11) is 1.34. The van der Waals surface area contributed by atoms with Gasteiger partial charge >= 0.3 is 5.97 Å². The number of benzene rings is 1. The smallest absolute Gasteiger partial charge is 0.309 e. The van der Waals surface area contributed by atoms with Crippen molar-refractivity contribution in [2.45, 2.75) is 6.92 Å². The number of hydrogen-bond donors (Lipinski definition) is 1.